The van der Waals surface area contributed by atoms with E-state index in [9.17, 15) is 14.4 Å². The molecule has 1 aliphatic carbocycles. The van der Waals surface area contributed by atoms with E-state index >= 15 is 0 Å². The van der Waals surface area contributed by atoms with Crippen LogP contribution in [0.1, 0.15) is 29.8 Å². The van der Waals surface area contributed by atoms with Crippen LogP contribution in [0.5, 0.6) is 0 Å². The van der Waals surface area contributed by atoms with Gasteiger partial charge in [0.2, 0.25) is 5.91 Å². The number of likely N-dealkylation sites (tertiary alicyclic amines) is 1. The Hall–Kier alpha value is -2.31. The Balaban J connectivity index is 1.45. The number of piperidine rings is 1. The molecule has 7 nitrogen and oxygen atoms in total. The van der Waals surface area contributed by atoms with Crippen LogP contribution < -0.4 is 5.32 Å². The minimum absolute atomic E-state index is 0.00296. The summed E-state index contributed by atoms with van der Waals surface area (Å²) in [5.41, 5.74) is 0. The summed E-state index contributed by atoms with van der Waals surface area (Å²) in [6.45, 7) is 1.11. The van der Waals surface area contributed by atoms with Crippen LogP contribution in [0.15, 0.2) is 22.8 Å². The fourth-order valence-corrected chi connectivity index (χ4v) is 2.85. The summed E-state index contributed by atoms with van der Waals surface area (Å²) in [5, 5.41) is 11.7. The third-order valence-corrected chi connectivity index (χ3v) is 4.30. The molecule has 1 aromatic heterocycles. The highest BCUT2D eigenvalue weighted by Gasteiger charge is 2.48. The van der Waals surface area contributed by atoms with E-state index in [-0.39, 0.29) is 23.8 Å². The van der Waals surface area contributed by atoms with E-state index in [2.05, 4.69) is 5.32 Å². The number of furan rings is 1. The molecule has 2 N–H and O–H groups in total. The van der Waals surface area contributed by atoms with E-state index in [4.69, 9.17) is 9.52 Å². The van der Waals surface area contributed by atoms with Crippen LogP contribution in [0.25, 0.3) is 0 Å². The lowest BCUT2D eigenvalue weighted by Crippen LogP contribution is -2.47. The monoisotopic (exact) mass is 306 g/mol. The summed E-state index contributed by atoms with van der Waals surface area (Å²) < 4.78 is 5.10. The third-order valence-electron chi connectivity index (χ3n) is 4.30. The van der Waals surface area contributed by atoms with Gasteiger partial charge in [0.1, 0.15) is 0 Å². The van der Waals surface area contributed by atoms with Crippen molar-refractivity contribution in [2.24, 2.45) is 11.8 Å². The van der Waals surface area contributed by atoms with Gasteiger partial charge in [0.15, 0.2) is 5.76 Å². The predicted molar refractivity (Wildman–Crippen MR) is 75.0 cm³/mol. The lowest BCUT2D eigenvalue weighted by atomic mass is 10.0. The second kappa shape index (κ2) is 5.82. The molecule has 2 unspecified atom stereocenters. The van der Waals surface area contributed by atoms with Crippen molar-refractivity contribution >= 4 is 17.8 Å². The van der Waals surface area contributed by atoms with Crippen molar-refractivity contribution in [1.29, 1.82) is 0 Å². The molecule has 0 spiro atoms. The first-order valence-corrected chi connectivity index (χ1v) is 7.42. The second-order valence-electron chi connectivity index (χ2n) is 5.84. The number of hydrogen-bond donors (Lipinski definition) is 2. The van der Waals surface area contributed by atoms with E-state index in [1.54, 1.807) is 17.0 Å². The molecule has 0 radical (unpaired) electrons. The van der Waals surface area contributed by atoms with E-state index in [0.29, 0.717) is 38.1 Å². The zero-order chi connectivity index (χ0) is 15.7. The van der Waals surface area contributed by atoms with Crippen LogP contribution in [0.2, 0.25) is 0 Å². The van der Waals surface area contributed by atoms with Gasteiger partial charge in [-0.05, 0) is 31.4 Å². The van der Waals surface area contributed by atoms with Crippen LogP contribution in [-0.2, 0) is 9.59 Å². The molecule has 1 saturated heterocycles. The number of aliphatic carboxylic acids is 1. The van der Waals surface area contributed by atoms with Gasteiger partial charge in [-0.3, -0.25) is 14.4 Å². The van der Waals surface area contributed by atoms with Gasteiger partial charge in [-0.25, -0.2) is 0 Å². The maximum Gasteiger partial charge on any atom is 0.307 e. The van der Waals surface area contributed by atoms with Crippen LogP contribution in [-0.4, -0.2) is 46.9 Å². The Morgan fingerprint density at radius 1 is 1.23 bits per heavy atom. The summed E-state index contributed by atoms with van der Waals surface area (Å²) >= 11 is 0. The molecule has 1 aromatic rings. The highest BCUT2D eigenvalue weighted by molar-refractivity contribution is 5.91. The Morgan fingerprint density at radius 2 is 1.95 bits per heavy atom. The lowest BCUT2D eigenvalue weighted by Gasteiger charge is -2.31. The van der Waals surface area contributed by atoms with E-state index in [0.717, 1.165) is 0 Å². The van der Waals surface area contributed by atoms with Crippen molar-refractivity contribution in [1.82, 2.24) is 10.2 Å². The molecule has 1 aliphatic heterocycles. The number of amides is 2. The summed E-state index contributed by atoms with van der Waals surface area (Å²) in [6, 6.07) is 3.31. The summed E-state index contributed by atoms with van der Waals surface area (Å²) in [7, 11) is 0. The highest BCUT2D eigenvalue weighted by Crippen LogP contribution is 2.38. The largest absolute Gasteiger partial charge is 0.481 e. The number of nitrogens with one attached hydrogen (secondary N) is 1. The normalized spacial score (nSPS) is 24.8. The average molecular weight is 306 g/mol. The quantitative estimate of drug-likeness (QED) is 0.854. The van der Waals surface area contributed by atoms with Crippen LogP contribution >= 0.6 is 0 Å². The smallest absolute Gasteiger partial charge is 0.307 e. The molecular weight excluding hydrogens is 288 g/mol. The van der Waals surface area contributed by atoms with Crippen molar-refractivity contribution in [2.75, 3.05) is 13.1 Å². The van der Waals surface area contributed by atoms with Gasteiger partial charge in [-0.15, -0.1) is 0 Å². The fraction of sp³-hybridized carbons (Fsp3) is 0.533. The third kappa shape index (κ3) is 2.98. The lowest BCUT2D eigenvalue weighted by molar-refractivity contribution is -0.140. The van der Waals surface area contributed by atoms with Crippen LogP contribution in [0.4, 0.5) is 0 Å². The molecule has 22 heavy (non-hydrogen) atoms. The number of carbonyl (C=O) groups excluding carboxylic acids is 2. The topological polar surface area (TPSA) is 99.8 Å². The van der Waals surface area contributed by atoms with Crippen molar-refractivity contribution in [3.63, 3.8) is 0 Å². The molecule has 2 amide bonds. The maximum absolute atomic E-state index is 12.1. The first-order chi connectivity index (χ1) is 10.6. The summed E-state index contributed by atoms with van der Waals surface area (Å²) in [4.78, 5) is 36.5. The first-order valence-electron chi connectivity index (χ1n) is 7.42. The minimum Gasteiger partial charge on any atom is -0.481 e. The van der Waals surface area contributed by atoms with E-state index in [1.807, 2.05) is 0 Å². The molecule has 2 aliphatic rings. The van der Waals surface area contributed by atoms with Gasteiger partial charge in [0.05, 0.1) is 18.1 Å². The minimum atomic E-state index is -0.904. The van der Waals surface area contributed by atoms with Crippen LogP contribution in [0.3, 0.4) is 0 Å². The fourth-order valence-electron chi connectivity index (χ4n) is 2.85. The van der Waals surface area contributed by atoms with Gasteiger partial charge < -0.3 is 19.7 Å². The van der Waals surface area contributed by atoms with Gasteiger partial charge in [-0.1, -0.05) is 0 Å². The summed E-state index contributed by atoms with van der Waals surface area (Å²) in [6.07, 6.45) is 3.23. The molecule has 2 atom stereocenters. The summed E-state index contributed by atoms with van der Waals surface area (Å²) in [5.74, 6) is -1.81. The predicted octanol–water partition coefficient (Wildman–Crippen LogP) is 0.721. The molecular formula is C15H18N2O5. The zero-order valence-corrected chi connectivity index (χ0v) is 12.0. The van der Waals surface area contributed by atoms with Gasteiger partial charge >= 0.3 is 5.97 Å². The van der Waals surface area contributed by atoms with Gasteiger partial charge in [0.25, 0.3) is 5.91 Å². The Bertz CT molecular complexity index is 575. The van der Waals surface area contributed by atoms with Crippen molar-refractivity contribution in [3.05, 3.63) is 24.2 Å². The molecule has 2 heterocycles. The zero-order valence-electron chi connectivity index (χ0n) is 12.0. The molecule has 1 saturated carbocycles. The molecule has 0 aromatic carbocycles. The molecule has 3 rings (SSSR count). The SMILES string of the molecule is O=C(O)C1CC1C(=O)NC1CCN(C(=O)c2ccco2)CC1. The van der Waals surface area contributed by atoms with E-state index < -0.39 is 11.9 Å². The van der Waals surface area contributed by atoms with Gasteiger partial charge in [-0.2, -0.15) is 0 Å². The van der Waals surface area contributed by atoms with Crippen molar-refractivity contribution in [2.45, 2.75) is 25.3 Å². The maximum atomic E-state index is 12.1. The molecule has 0 bridgehead atoms. The van der Waals surface area contributed by atoms with E-state index in [1.165, 1.54) is 6.26 Å². The Morgan fingerprint density at radius 3 is 2.50 bits per heavy atom. The number of carboxylic acids is 1. The number of carboxylic acid groups (broad SMARTS) is 1. The Kier molecular flexibility index (Phi) is 3.87. The number of rotatable bonds is 4. The number of carbonyl (C=O) groups is 3. The van der Waals surface area contributed by atoms with Gasteiger partial charge in [0, 0.05) is 19.1 Å². The number of nitrogens with zero attached hydrogens (tertiary/aromatic N) is 1. The highest BCUT2D eigenvalue weighted by atomic mass is 16.4. The van der Waals surface area contributed by atoms with Crippen molar-refractivity contribution < 1.29 is 23.9 Å². The van der Waals surface area contributed by atoms with Crippen LogP contribution in [0, 0.1) is 11.8 Å². The average Bonchev–Trinajstić information content (AvgIpc) is 3.14. The standard InChI is InChI=1S/C15H18N2O5/c18-13(10-8-11(10)15(20)21)16-9-3-5-17(6-4-9)14(19)12-2-1-7-22-12/h1-2,7,9-11H,3-6,8H2,(H,16,18)(H,20,21). The first kappa shape index (κ1) is 14.6. The molecule has 7 heteroatoms. The van der Waals surface area contributed by atoms with Crippen molar-refractivity contribution in [3.8, 4) is 0 Å². The second-order valence-corrected chi connectivity index (χ2v) is 5.84. The molecule has 118 valence electrons. The number of hydrogen-bond acceptors (Lipinski definition) is 4. The molecule has 2 fully saturated rings. The Labute approximate surface area is 127 Å².